The number of aliphatic imine (C=N–C) groups is 1. The Labute approximate surface area is 172 Å². The Balaban J connectivity index is 1.49. The van der Waals surface area contributed by atoms with Gasteiger partial charge in [-0.05, 0) is 31.9 Å². The molecule has 0 atom stereocenters. The number of pyridine rings is 1. The normalized spacial score (nSPS) is 16.1. The summed E-state index contributed by atoms with van der Waals surface area (Å²) in [6.45, 7) is 4.90. The Bertz CT molecular complexity index is 785. The molecule has 29 heavy (non-hydrogen) atoms. The highest BCUT2D eigenvalue weighted by molar-refractivity contribution is 7.09. The van der Waals surface area contributed by atoms with E-state index in [0.717, 1.165) is 48.5 Å². The average Bonchev–Trinajstić information content (AvgIpc) is 3.19. The Morgan fingerprint density at radius 1 is 1.31 bits per heavy atom. The van der Waals surface area contributed by atoms with Crippen molar-refractivity contribution >= 4 is 23.1 Å². The molecule has 3 rings (SSSR count). The van der Waals surface area contributed by atoms with E-state index >= 15 is 0 Å². The van der Waals surface area contributed by atoms with E-state index < -0.39 is 11.9 Å². The van der Waals surface area contributed by atoms with E-state index in [1.165, 1.54) is 0 Å². The first-order valence-corrected chi connectivity index (χ1v) is 10.6. The van der Waals surface area contributed by atoms with Crippen LogP contribution >= 0.6 is 11.3 Å². The number of hydrogen-bond acceptors (Lipinski definition) is 5. The van der Waals surface area contributed by atoms with Crippen molar-refractivity contribution in [3.8, 4) is 0 Å². The number of anilines is 1. The van der Waals surface area contributed by atoms with Gasteiger partial charge in [0, 0.05) is 50.2 Å². The maximum atomic E-state index is 12.6. The van der Waals surface area contributed by atoms with Gasteiger partial charge in [0.25, 0.3) is 0 Å². The van der Waals surface area contributed by atoms with Crippen molar-refractivity contribution in [1.82, 2.24) is 20.6 Å². The maximum absolute atomic E-state index is 12.6. The summed E-state index contributed by atoms with van der Waals surface area (Å²) in [6.07, 6.45) is -0.283. The third-order valence-electron chi connectivity index (χ3n) is 4.59. The fourth-order valence-electron chi connectivity index (χ4n) is 3.13. The number of hydrogen-bond donors (Lipinski definition) is 2. The van der Waals surface area contributed by atoms with Crippen LogP contribution in [0.4, 0.5) is 19.0 Å². The van der Waals surface area contributed by atoms with Crippen LogP contribution in [0.15, 0.2) is 34.8 Å². The first-order chi connectivity index (χ1) is 14.0. The van der Waals surface area contributed by atoms with Gasteiger partial charge in [0.05, 0.1) is 5.01 Å². The number of halogens is 3. The molecule has 2 aromatic heterocycles. The van der Waals surface area contributed by atoms with Crippen molar-refractivity contribution in [1.29, 1.82) is 0 Å². The second kappa shape index (κ2) is 9.91. The summed E-state index contributed by atoms with van der Waals surface area (Å²) in [7, 11) is 0. The van der Waals surface area contributed by atoms with Crippen LogP contribution in [-0.2, 0) is 12.6 Å². The van der Waals surface area contributed by atoms with Crippen LogP contribution in [0.3, 0.4) is 0 Å². The zero-order valence-corrected chi connectivity index (χ0v) is 17.1. The van der Waals surface area contributed by atoms with Crippen LogP contribution in [0.25, 0.3) is 0 Å². The minimum Gasteiger partial charge on any atom is -0.357 e. The first kappa shape index (κ1) is 21.4. The van der Waals surface area contributed by atoms with Gasteiger partial charge in [-0.25, -0.2) is 9.97 Å². The summed E-state index contributed by atoms with van der Waals surface area (Å²) >= 11 is 1.02. The van der Waals surface area contributed by atoms with Crippen molar-refractivity contribution in [2.45, 2.75) is 38.4 Å². The molecular formula is C19H25F3N6S. The molecule has 1 aliphatic rings. The Kier molecular flexibility index (Phi) is 7.29. The first-order valence-electron chi connectivity index (χ1n) is 9.68. The number of aromatic nitrogens is 2. The topological polar surface area (TPSA) is 65.4 Å². The van der Waals surface area contributed by atoms with Crippen molar-refractivity contribution in [3.05, 3.63) is 40.5 Å². The standard InChI is InChI=1S/C19H25F3N6S/c1-2-23-18(25-10-6-17-27-15(13-29-17)19(20,21)22)26-14-7-11-28(12-8-14)16-5-3-4-9-24-16/h3-5,9,13-14H,2,6-8,10-12H2,1H3,(H2,23,25,26). The van der Waals surface area contributed by atoms with Gasteiger partial charge in [0.2, 0.25) is 0 Å². The largest absolute Gasteiger partial charge is 0.434 e. The van der Waals surface area contributed by atoms with E-state index in [1.54, 1.807) is 6.20 Å². The Hall–Kier alpha value is -2.36. The van der Waals surface area contributed by atoms with Gasteiger partial charge < -0.3 is 15.5 Å². The minimum atomic E-state index is -4.39. The molecule has 0 bridgehead atoms. The van der Waals surface area contributed by atoms with Gasteiger partial charge in [-0.3, -0.25) is 4.99 Å². The van der Waals surface area contributed by atoms with Crippen LogP contribution in [0.2, 0.25) is 0 Å². The summed E-state index contributed by atoms with van der Waals surface area (Å²) in [5.74, 6) is 1.68. The number of nitrogens with zero attached hydrogens (tertiary/aromatic N) is 4. The summed E-state index contributed by atoms with van der Waals surface area (Å²) in [6, 6.07) is 6.21. The van der Waals surface area contributed by atoms with E-state index in [2.05, 4.69) is 30.5 Å². The summed E-state index contributed by atoms with van der Waals surface area (Å²) in [5.41, 5.74) is -0.828. The van der Waals surface area contributed by atoms with Crippen LogP contribution in [0.1, 0.15) is 30.5 Å². The van der Waals surface area contributed by atoms with Gasteiger partial charge in [-0.2, -0.15) is 13.2 Å². The predicted octanol–water partition coefficient (Wildman–Crippen LogP) is 3.32. The van der Waals surface area contributed by atoms with Crippen LogP contribution in [0.5, 0.6) is 0 Å². The van der Waals surface area contributed by atoms with E-state index in [4.69, 9.17) is 0 Å². The molecule has 2 N–H and O–H groups in total. The highest BCUT2D eigenvalue weighted by Crippen LogP contribution is 2.30. The molecule has 0 unspecified atom stereocenters. The minimum absolute atomic E-state index is 0.296. The average molecular weight is 427 g/mol. The smallest absolute Gasteiger partial charge is 0.357 e. The molecule has 158 valence electrons. The van der Waals surface area contributed by atoms with E-state index in [0.29, 0.717) is 36.5 Å². The molecule has 0 radical (unpaired) electrons. The highest BCUT2D eigenvalue weighted by Gasteiger charge is 2.33. The highest BCUT2D eigenvalue weighted by atomic mass is 32.1. The molecule has 10 heteroatoms. The van der Waals surface area contributed by atoms with Crippen molar-refractivity contribution in [2.24, 2.45) is 4.99 Å². The SMILES string of the molecule is CCNC(=NCCc1nc(C(F)(F)F)cs1)NC1CCN(c2ccccn2)CC1. The quantitative estimate of drug-likeness (QED) is 0.548. The summed E-state index contributed by atoms with van der Waals surface area (Å²) in [4.78, 5) is 14.8. The molecular weight excluding hydrogens is 401 g/mol. The third-order valence-corrected chi connectivity index (χ3v) is 5.50. The lowest BCUT2D eigenvalue weighted by Gasteiger charge is -2.33. The summed E-state index contributed by atoms with van der Waals surface area (Å²) in [5, 5.41) is 8.14. The van der Waals surface area contributed by atoms with Gasteiger partial charge in [-0.15, -0.1) is 11.3 Å². The van der Waals surface area contributed by atoms with Crippen LogP contribution in [-0.4, -0.2) is 48.1 Å². The lowest BCUT2D eigenvalue weighted by molar-refractivity contribution is -0.140. The van der Waals surface area contributed by atoms with Crippen LogP contribution in [0, 0.1) is 0 Å². The predicted molar refractivity (Wildman–Crippen MR) is 109 cm³/mol. The lowest BCUT2D eigenvalue weighted by Crippen LogP contribution is -2.49. The number of alkyl halides is 3. The molecule has 1 saturated heterocycles. The molecule has 1 aliphatic heterocycles. The van der Waals surface area contributed by atoms with Crippen molar-refractivity contribution in [2.75, 3.05) is 31.1 Å². The maximum Gasteiger partial charge on any atom is 0.434 e. The van der Waals surface area contributed by atoms with Crippen molar-refractivity contribution < 1.29 is 13.2 Å². The Morgan fingerprint density at radius 2 is 2.10 bits per heavy atom. The molecule has 3 heterocycles. The van der Waals surface area contributed by atoms with Gasteiger partial charge in [0.15, 0.2) is 11.7 Å². The van der Waals surface area contributed by atoms with E-state index in [9.17, 15) is 13.2 Å². The molecule has 0 spiro atoms. The van der Waals surface area contributed by atoms with Gasteiger partial charge >= 0.3 is 6.18 Å². The van der Waals surface area contributed by atoms with Gasteiger partial charge in [0.1, 0.15) is 5.82 Å². The van der Waals surface area contributed by atoms with Crippen molar-refractivity contribution in [3.63, 3.8) is 0 Å². The zero-order chi connectivity index (χ0) is 20.7. The molecule has 2 aromatic rings. The monoisotopic (exact) mass is 426 g/mol. The van der Waals surface area contributed by atoms with E-state index in [-0.39, 0.29) is 0 Å². The fraction of sp³-hybridized carbons (Fsp3) is 0.526. The third kappa shape index (κ3) is 6.31. The van der Waals surface area contributed by atoms with Gasteiger partial charge in [-0.1, -0.05) is 6.07 Å². The second-order valence-electron chi connectivity index (χ2n) is 6.73. The summed E-state index contributed by atoms with van der Waals surface area (Å²) < 4.78 is 37.9. The number of piperidine rings is 1. The number of thiazole rings is 1. The number of rotatable bonds is 6. The van der Waals surface area contributed by atoms with E-state index in [1.807, 2.05) is 25.1 Å². The molecule has 0 aromatic carbocycles. The Morgan fingerprint density at radius 3 is 2.72 bits per heavy atom. The number of guanidine groups is 1. The van der Waals surface area contributed by atoms with Crippen LogP contribution < -0.4 is 15.5 Å². The molecule has 0 aliphatic carbocycles. The lowest BCUT2D eigenvalue weighted by atomic mass is 10.1. The fourth-order valence-corrected chi connectivity index (χ4v) is 3.92. The second-order valence-corrected chi connectivity index (χ2v) is 7.67. The molecule has 6 nitrogen and oxygen atoms in total. The molecule has 0 amide bonds. The molecule has 1 fully saturated rings. The molecule has 0 saturated carbocycles. The number of nitrogens with one attached hydrogen (secondary N) is 2. The zero-order valence-electron chi connectivity index (χ0n) is 16.2.